The van der Waals surface area contributed by atoms with Gasteiger partial charge in [-0.25, -0.2) is 9.59 Å². The third kappa shape index (κ3) is 4.38. The second kappa shape index (κ2) is 8.78. The van der Waals surface area contributed by atoms with Gasteiger partial charge in [0.05, 0.1) is 18.2 Å². The molecule has 1 aromatic rings. The number of rotatable bonds is 5. The van der Waals surface area contributed by atoms with Crippen molar-refractivity contribution in [2.24, 2.45) is 5.92 Å². The maximum atomic E-state index is 12.9. The Balaban J connectivity index is 2.00. The van der Waals surface area contributed by atoms with Crippen molar-refractivity contribution >= 4 is 12.0 Å². The number of urea groups is 1. The average Bonchev–Trinajstić information content (AvgIpc) is 2.67. The van der Waals surface area contributed by atoms with Crippen LogP contribution in [0.2, 0.25) is 0 Å². The highest BCUT2D eigenvalue weighted by Gasteiger charge is 2.37. The first-order valence-electron chi connectivity index (χ1n) is 10.1. The minimum absolute atomic E-state index is 0.195. The fourth-order valence-electron chi connectivity index (χ4n) is 3.84. The molecule has 2 heterocycles. The first-order chi connectivity index (χ1) is 13.4. The number of carbonyl (C=O) groups excluding carboxylic acids is 2. The van der Waals surface area contributed by atoms with E-state index in [1.165, 1.54) is 0 Å². The monoisotopic (exact) mass is 385 g/mol. The molecule has 0 aliphatic carbocycles. The molecule has 0 aromatic heterocycles. The summed E-state index contributed by atoms with van der Waals surface area (Å²) in [4.78, 5) is 29.5. The lowest BCUT2D eigenvalue weighted by Crippen LogP contribution is -2.50. The summed E-state index contributed by atoms with van der Waals surface area (Å²) in [6.07, 6.45) is 2.28. The molecule has 1 unspecified atom stereocenters. The summed E-state index contributed by atoms with van der Waals surface area (Å²) >= 11 is 0. The summed E-state index contributed by atoms with van der Waals surface area (Å²) in [5, 5.41) is 2.98. The molecule has 28 heavy (non-hydrogen) atoms. The average molecular weight is 386 g/mol. The number of esters is 1. The lowest BCUT2D eigenvalue weighted by molar-refractivity contribution is -0.139. The molecule has 1 fully saturated rings. The van der Waals surface area contributed by atoms with E-state index in [1.54, 1.807) is 18.9 Å². The van der Waals surface area contributed by atoms with Gasteiger partial charge in [-0.2, -0.15) is 0 Å². The van der Waals surface area contributed by atoms with Crippen LogP contribution in [0.3, 0.4) is 0 Å². The third-order valence-corrected chi connectivity index (χ3v) is 5.73. The topological polar surface area (TPSA) is 61.9 Å². The number of ether oxygens (including phenoxy) is 1. The molecule has 0 bridgehead atoms. The van der Waals surface area contributed by atoms with Crippen LogP contribution >= 0.6 is 0 Å². The Morgan fingerprint density at radius 3 is 2.46 bits per heavy atom. The minimum atomic E-state index is -0.498. The summed E-state index contributed by atoms with van der Waals surface area (Å²) in [6.45, 7) is 8.92. The molecule has 1 N–H and O–H groups in total. The van der Waals surface area contributed by atoms with E-state index in [9.17, 15) is 9.59 Å². The molecular weight excluding hydrogens is 354 g/mol. The minimum Gasteiger partial charge on any atom is -0.463 e. The van der Waals surface area contributed by atoms with Crippen LogP contribution in [-0.4, -0.2) is 55.1 Å². The predicted octanol–water partition coefficient (Wildman–Crippen LogP) is 3.24. The molecule has 6 nitrogen and oxygen atoms in total. The van der Waals surface area contributed by atoms with E-state index in [-0.39, 0.29) is 12.0 Å². The molecule has 2 aliphatic rings. The standard InChI is InChI=1S/C22H31N3O3/c1-5-28-21(26)19-18(14-25-12-10-16(3)11-13-25)24(4)22(27)23-20(19)17-8-6-15(2)7-9-17/h6-9,16,20H,5,10-14H2,1-4H3,(H,23,27). The second-order valence-electron chi connectivity index (χ2n) is 7.89. The zero-order chi connectivity index (χ0) is 20.3. The fourth-order valence-corrected chi connectivity index (χ4v) is 3.84. The highest BCUT2D eigenvalue weighted by atomic mass is 16.5. The highest BCUT2D eigenvalue weighted by molar-refractivity contribution is 5.95. The number of nitrogens with zero attached hydrogens (tertiary/aromatic N) is 2. The van der Waals surface area contributed by atoms with Crippen molar-refractivity contribution in [2.45, 2.75) is 39.7 Å². The lowest BCUT2D eigenvalue weighted by Gasteiger charge is -2.38. The SMILES string of the molecule is CCOC(=O)C1=C(CN2CCC(C)CC2)N(C)C(=O)NC1c1ccc(C)cc1. The largest absolute Gasteiger partial charge is 0.463 e. The van der Waals surface area contributed by atoms with Gasteiger partial charge in [0.1, 0.15) is 0 Å². The zero-order valence-corrected chi connectivity index (χ0v) is 17.3. The van der Waals surface area contributed by atoms with Crippen LogP contribution in [-0.2, 0) is 9.53 Å². The van der Waals surface area contributed by atoms with Gasteiger partial charge in [-0.1, -0.05) is 36.8 Å². The number of benzene rings is 1. The molecule has 0 saturated carbocycles. The number of piperidine rings is 1. The quantitative estimate of drug-likeness (QED) is 0.791. The number of likely N-dealkylation sites (tertiary alicyclic amines) is 1. The van der Waals surface area contributed by atoms with Gasteiger partial charge in [0.2, 0.25) is 0 Å². The molecular formula is C22H31N3O3. The number of nitrogens with one attached hydrogen (secondary N) is 1. The molecule has 3 rings (SSSR count). The van der Waals surface area contributed by atoms with Gasteiger partial charge in [-0.15, -0.1) is 0 Å². The summed E-state index contributed by atoms with van der Waals surface area (Å²) in [5.41, 5.74) is 3.29. The number of aryl methyl sites for hydroxylation is 1. The van der Waals surface area contributed by atoms with Gasteiger partial charge in [0.15, 0.2) is 0 Å². The normalized spacial score (nSPS) is 21.6. The van der Waals surface area contributed by atoms with E-state index in [0.29, 0.717) is 18.7 Å². The Labute approximate surface area is 167 Å². The smallest absolute Gasteiger partial charge is 0.338 e. The Hall–Kier alpha value is -2.34. The molecule has 152 valence electrons. The van der Waals surface area contributed by atoms with Crippen molar-refractivity contribution in [2.75, 3.05) is 33.3 Å². The maximum Gasteiger partial charge on any atom is 0.338 e. The lowest BCUT2D eigenvalue weighted by atomic mass is 9.93. The second-order valence-corrected chi connectivity index (χ2v) is 7.89. The summed E-state index contributed by atoms with van der Waals surface area (Å²) in [5.74, 6) is 0.364. The number of hydrogen-bond donors (Lipinski definition) is 1. The van der Waals surface area contributed by atoms with Gasteiger partial charge in [0, 0.05) is 19.3 Å². The van der Waals surface area contributed by atoms with E-state index in [4.69, 9.17) is 4.74 Å². The molecule has 1 saturated heterocycles. The number of hydrogen-bond acceptors (Lipinski definition) is 4. The van der Waals surface area contributed by atoms with Crippen LogP contribution in [0, 0.1) is 12.8 Å². The van der Waals surface area contributed by atoms with Gasteiger partial charge < -0.3 is 10.1 Å². The Kier molecular flexibility index (Phi) is 6.39. The molecule has 6 heteroatoms. The molecule has 1 atom stereocenters. The van der Waals surface area contributed by atoms with Crippen LogP contribution in [0.5, 0.6) is 0 Å². The van der Waals surface area contributed by atoms with Crippen LogP contribution in [0.15, 0.2) is 35.5 Å². The van der Waals surface area contributed by atoms with Gasteiger partial charge in [0.25, 0.3) is 0 Å². The van der Waals surface area contributed by atoms with Crippen molar-refractivity contribution < 1.29 is 14.3 Å². The van der Waals surface area contributed by atoms with Crippen molar-refractivity contribution in [1.82, 2.24) is 15.1 Å². The van der Waals surface area contributed by atoms with Gasteiger partial charge in [-0.05, 0) is 51.3 Å². The molecule has 0 radical (unpaired) electrons. The van der Waals surface area contributed by atoms with E-state index < -0.39 is 6.04 Å². The van der Waals surface area contributed by atoms with E-state index in [2.05, 4.69) is 17.1 Å². The Bertz CT molecular complexity index is 749. The summed E-state index contributed by atoms with van der Waals surface area (Å²) in [6, 6.07) is 7.22. The van der Waals surface area contributed by atoms with Gasteiger partial charge in [-0.3, -0.25) is 9.80 Å². The predicted molar refractivity (Wildman–Crippen MR) is 109 cm³/mol. The van der Waals surface area contributed by atoms with Gasteiger partial charge >= 0.3 is 12.0 Å². The van der Waals surface area contributed by atoms with E-state index in [0.717, 1.165) is 48.7 Å². The highest BCUT2D eigenvalue weighted by Crippen LogP contribution is 2.32. The number of amides is 2. The number of carbonyl (C=O) groups is 2. The maximum absolute atomic E-state index is 12.9. The van der Waals surface area contributed by atoms with Crippen molar-refractivity contribution in [1.29, 1.82) is 0 Å². The molecule has 2 amide bonds. The first kappa shape index (κ1) is 20.4. The summed E-state index contributed by atoms with van der Waals surface area (Å²) in [7, 11) is 1.72. The molecule has 1 aromatic carbocycles. The van der Waals surface area contributed by atoms with Crippen LogP contribution in [0.1, 0.15) is 43.9 Å². The van der Waals surface area contributed by atoms with E-state index >= 15 is 0 Å². The third-order valence-electron chi connectivity index (χ3n) is 5.73. The number of likely N-dealkylation sites (N-methyl/N-ethyl adjacent to an activating group) is 1. The zero-order valence-electron chi connectivity index (χ0n) is 17.3. The van der Waals surface area contributed by atoms with Crippen LogP contribution in [0.25, 0.3) is 0 Å². The van der Waals surface area contributed by atoms with Crippen LogP contribution in [0.4, 0.5) is 4.79 Å². The fraction of sp³-hybridized carbons (Fsp3) is 0.545. The Morgan fingerprint density at radius 1 is 1.21 bits per heavy atom. The Morgan fingerprint density at radius 2 is 1.86 bits per heavy atom. The molecule has 0 spiro atoms. The van der Waals surface area contributed by atoms with Crippen molar-refractivity contribution in [3.63, 3.8) is 0 Å². The van der Waals surface area contributed by atoms with Crippen molar-refractivity contribution in [3.05, 3.63) is 46.7 Å². The summed E-state index contributed by atoms with van der Waals surface area (Å²) < 4.78 is 5.38. The van der Waals surface area contributed by atoms with Crippen molar-refractivity contribution in [3.8, 4) is 0 Å². The van der Waals surface area contributed by atoms with Crippen LogP contribution < -0.4 is 5.32 Å². The first-order valence-corrected chi connectivity index (χ1v) is 10.1. The molecule has 2 aliphatic heterocycles. The van der Waals surface area contributed by atoms with E-state index in [1.807, 2.05) is 31.2 Å².